The molecule has 4 rings (SSSR count). The van der Waals surface area contributed by atoms with Crippen molar-refractivity contribution < 1.29 is 14.5 Å². The number of benzene rings is 1. The largest absolute Gasteiger partial charge is 0.354 e. The number of hydrogen-bond acceptors (Lipinski definition) is 6. The number of amides is 2. The highest BCUT2D eigenvalue weighted by Gasteiger charge is 2.41. The molecule has 0 radical (unpaired) electrons. The van der Waals surface area contributed by atoms with Crippen molar-refractivity contribution in [1.29, 1.82) is 0 Å². The molecule has 1 heterocycles. The number of non-ortho nitro benzene ring substituents is 1. The van der Waals surface area contributed by atoms with Crippen LogP contribution in [0, 0.1) is 22.0 Å². The van der Waals surface area contributed by atoms with E-state index in [1.807, 2.05) is 12.1 Å². The Labute approximate surface area is 207 Å². The highest BCUT2D eigenvalue weighted by Crippen LogP contribution is 2.35. The summed E-state index contributed by atoms with van der Waals surface area (Å²) in [6.45, 7) is 4.23. The number of nitro benzene ring substituents is 1. The Hall–Kier alpha value is -2.52. The third-order valence-electron chi connectivity index (χ3n) is 8.14. The second-order valence-electron chi connectivity index (χ2n) is 10.6. The summed E-state index contributed by atoms with van der Waals surface area (Å²) in [4.78, 5) is 40.4. The molecule has 1 aromatic rings. The van der Waals surface area contributed by atoms with Crippen LogP contribution >= 0.6 is 0 Å². The summed E-state index contributed by atoms with van der Waals surface area (Å²) in [6.07, 6.45) is 8.14. The van der Waals surface area contributed by atoms with Crippen LogP contribution in [0.1, 0.15) is 63.9 Å². The number of hydrogen-bond donors (Lipinski definition) is 2. The monoisotopic (exact) mass is 485 g/mol. The van der Waals surface area contributed by atoms with E-state index in [0.717, 1.165) is 57.1 Å². The molecule has 0 spiro atoms. The molecule has 2 amide bonds. The number of nitrogens with two attached hydrogens (primary N) is 1. The number of carbonyl (C=O) groups excluding carboxylic acids is 2. The maximum absolute atomic E-state index is 13.3. The smallest absolute Gasteiger partial charge is 0.269 e. The standard InChI is InChI=1S/C26H39N5O4/c1-18(32)29-13-12-24(14-25(29)26(33)28-16-20-4-2-19(15-27)3-5-20)30(22-10-11-22)17-21-6-8-23(9-7-21)31(34)35/h6-9,19-20,22,24-25H,2-5,10-17,27H2,1H3,(H,28,33)/t19?,20?,24?,25-/m1/s1. The molecule has 1 aliphatic heterocycles. The van der Waals surface area contributed by atoms with Gasteiger partial charge in [-0.15, -0.1) is 0 Å². The molecule has 0 bridgehead atoms. The van der Waals surface area contributed by atoms with Crippen molar-refractivity contribution in [3.63, 3.8) is 0 Å². The van der Waals surface area contributed by atoms with Gasteiger partial charge in [-0.05, 0) is 75.3 Å². The molecular weight excluding hydrogens is 446 g/mol. The minimum atomic E-state index is -0.454. The van der Waals surface area contributed by atoms with Crippen LogP contribution in [0.25, 0.3) is 0 Å². The molecule has 35 heavy (non-hydrogen) atoms. The van der Waals surface area contributed by atoms with Crippen molar-refractivity contribution in [2.75, 3.05) is 19.6 Å². The number of nitrogens with zero attached hydrogens (tertiary/aromatic N) is 3. The van der Waals surface area contributed by atoms with Gasteiger partial charge in [-0.1, -0.05) is 12.1 Å². The topological polar surface area (TPSA) is 122 Å². The predicted octanol–water partition coefficient (Wildman–Crippen LogP) is 2.82. The van der Waals surface area contributed by atoms with E-state index in [1.165, 1.54) is 0 Å². The van der Waals surface area contributed by atoms with Crippen LogP contribution < -0.4 is 11.1 Å². The molecule has 3 fully saturated rings. The number of piperidine rings is 1. The van der Waals surface area contributed by atoms with E-state index < -0.39 is 6.04 Å². The van der Waals surface area contributed by atoms with Gasteiger partial charge >= 0.3 is 0 Å². The second kappa shape index (κ2) is 11.5. The summed E-state index contributed by atoms with van der Waals surface area (Å²) in [6, 6.07) is 6.96. The summed E-state index contributed by atoms with van der Waals surface area (Å²) in [5, 5.41) is 14.2. The summed E-state index contributed by atoms with van der Waals surface area (Å²) < 4.78 is 0. The Morgan fingerprint density at radius 3 is 2.29 bits per heavy atom. The third-order valence-corrected chi connectivity index (χ3v) is 8.14. The van der Waals surface area contributed by atoms with Gasteiger partial charge in [0, 0.05) is 50.8 Å². The van der Waals surface area contributed by atoms with Gasteiger partial charge in [0.25, 0.3) is 5.69 Å². The minimum absolute atomic E-state index is 0.0445. The molecule has 9 heteroatoms. The van der Waals surface area contributed by atoms with E-state index in [1.54, 1.807) is 24.0 Å². The lowest BCUT2D eigenvalue weighted by Crippen LogP contribution is -2.57. The number of likely N-dealkylation sites (tertiary alicyclic amines) is 1. The van der Waals surface area contributed by atoms with Crippen molar-refractivity contribution in [1.82, 2.24) is 15.1 Å². The second-order valence-corrected chi connectivity index (χ2v) is 10.6. The fourth-order valence-electron chi connectivity index (χ4n) is 5.80. The Morgan fingerprint density at radius 2 is 1.71 bits per heavy atom. The average molecular weight is 486 g/mol. The van der Waals surface area contributed by atoms with Gasteiger partial charge < -0.3 is 16.0 Å². The van der Waals surface area contributed by atoms with E-state index in [-0.39, 0.29) is 28.5 Å². The van der Waals surface area contributed by atoms with Crippen LogP contribution in [0.15, 0.2) is 24.3 Å². The van der Waals surface area contributed by atoms with Crippen LogP contribution in [0.4, 0.5) is 5.69 Å². The van der Waals surface area contributed by atoms with Crippen LogP contribution in [0.5, 0.6) is 0 Å². The van der Waals surface area contributed by atoms with Crippen LogP contribution in [-0.2, 0) is 16.1 Å². The zero-order chi connectivity index (χ0) is 24.9. The van der Waals surface area contributed by atoms with Gasteiger partial charge in [0.15, 0.2) is 0 Å². The molecule has 1 aromatic carbocycles. The number of nitro groups is 1. The molecule has 1 unspecified atom stereocenters. The van der Waals surface area contributed by atoms with Gasteiger partial charge in [0.05, 0.1) is 4.92 Å². The van der Waals surface area contributed by atoms with Gasteiger partial charge in [-0.2, -0.15) is 0 Å². The molecule has 3 aliphatic rings. The molecule has 9 nitrogen and oxygen atoms in total. The summed E-state index contributed by atoms with van der Waals surface area (Å²) in [5.41, 5.74) is 6.93. The van der Waals surface area contributed by atoms with Gasteiger partial charge in [0.2, 0.25) is 11.8 Å². The first-order chi connectivity index (χ1) is 16.9. The van der Waals surface area contributed by atoms with Crippen molar-refractivity contribution in [3.05, 3.63) is 39.9 Å². The SMILES string of the molecule is CC(=O)N1CCC(N(Cc2ccc([N+](=O)[O-])cc2)C2CC2)C[C@@H]1C(=O)NCC1CCC(CN)CC1. The first kappa shape index (κ1) is 25.6. The molecule has 192 valence electrons. The highest BCUT2D eigenvalue weighted by molar-refractivity contribution is 5.87. The number of carbonyl (C=O) groups is 2. The molecule has 2 saturated carbocycles. The fraction of sp³-hybridized carbons (Fsp3) is 0.692. The predicted molar refractivity (Wildman–Crippen MR) is 133 cm³/mol. The molecule has 2 atom stereocenters. The van der Waals surface area contributed by atoms with E-state index in [0.29, 0.717) is 43.9 Å². The molecular formula is C26H39N5O4. The van der Waals surface area contributed by atoms with Gasteiger partial charge in [-0.3, -0.25) is 24.6 Å². The maximum Gasteiger partial charge on any atom is 0.269 e. The average Bonchev–Trinajstić information content (AvgIpc) is 3.71. The Morgan fingerprint density at radius 1 is 1.06 bits per heavy atom. The lowest BCUT2D eigenvalue weighted by atomic mass is 9.82. The Bertz CT molecular complexity index is 896. The summed E-state index contributed by atoms with van der Waals surface area (Å²) in [7, 11) is 0. The molecule has 2 aliphatic carbocycles. The fourth-order valence-corrected chi connectivity index (χ4v) is 5.80. The molecule has 3 N–H and O–H groups in total. The number of rotatable bonds is 9. The lowest BCUT2D eigenvalue weighted by molar-refractivity contribution is -0.384. The van der Waals surface area contributed by atoms with E-state index in [4.69, 9.17) is 5.73 Å². The normalized spacial score (nSPS) is 27.0. The minimum Gasteiger partial charge on any atom is -0.354 e. The van der Waals surface area contributed by atoms with Crippen LogP contribution in [0.3, 0.4) is 0 Å². The zero-order valence-electron chi connectivity index (χ0n) is 20.7. The van der Waals surface area contributed by atoms with Crippen molar-refractivity contribution in [2.24, 2.45) is 17.6 Å². The van der Waals surface area contributed by atoms with E-state index in [9.17, 15) is 19.7 Å². The molecule has 1 saturated heterocycles. The Balaban J connectivity index is 1.39. The quantitative estimate of drug-likeness (QED) is 0.410. The molecule has 0 aromatic heterocycles. The maximum atomic E-state index is 13.3. The van der Waals surface area contributed by atoms with Crippen molar-refractivity contribution in [3.8, 4) is 0 Å². The Kier molecular flexibility index (Phi) is 8.38. The lowest BCUT2D eigenvalue weighted by Gasteiger charge is -2.43. The van der Waals surface area contributed by atoms with Gasteiger partial charge in [-0.25, -0.2) is 0 Å². The van der Waals surface area contributed by atoms with Crippen LogP contribution in [-0.4, -0.2) is 64.3 Å². The summed E-state index contributed by atoms with van der Waals surface area (Å²) >= 11 is 0. The van der Waals surface area contributed by atoms with E-state index >= 15 is 0 Å². The van der Waals surface area contributed by atoms with Gasteiger partial charge in [0.1, 0.15) is 6.04 Å². The van der Waals surface area contributed by atoms with Crippen LogP contribution in [0.2, 0.25) is 0 Å². The van der Waals surface area contributed by atoms with Crippen molar-refractivity contribution in [2.45, 2.75) is 83.0 Å². The first-order valence-corrected chi connectivity index (χ1v) is 13.1. The first-order valence-electron chi connectivity index (χ1n) is 13.1. The summed E-state index contributed by atoms with van der Waals surface area (Å²) in [5.74, 6) is 0.993. The van der Waals surface area contributed by atoms with Crippen molar-refractivity contribution >= 4 is 17.5 Å². The van der Waals surface area contributed by atoms with E-state index in [2.05, 4.69) is 10.2 Å². The third kappa shape index (κ3) is 6.58. The zero-order valence-corrected chi connectivity index (χ0v) is 20.7. The number of nitrogens with one attached hydrogen (secondary N) is 1. The highest BCUT2D eigenvalue weighted by atomic mass is 16.6.